The zero-order chi connectivity index (χ0) is 7.84. The molecule has 0 atom stereocenters. The van der Waals surface area contributed by atoms with E-state index in [1.165, 1.54) is 0 Å². The molecular formula is C8H8FNS. The van der Waals surface area contributed by atoms with E-state index < -0.39 is 0 Å². The fraction of sp³-hybridized carbons (Fsp3) is 0.250. The summed E-state index contributed by atoms with van der Waals surface area (Å²) in [5.41, 5.74) is 6.48. The van der Waals surface area contributed by atoms with E-state index in [-0.39, 0.29) is 11.5 Å². The lowest BCUT2D eigenvalue weighted by atomic mass is 10.1. The van der Waals surface area contributed by atoms with Crippen molar-refractivity contribution in [2.24, 2.45) is 0 Å². The molecule has 0 unspecified atom stereocenters. The van der Waals surface area contributed by atoms with Crippen molar-refractivity contribution in [1.29, 1.82) is 0 Å². The van der Waals surface area contributed by atoms with Crippen LogP contribution in [0.1, 0.15) is 5.56 Å². The van der Waals surface area contributed by atoms with Crippen LogP contribution in [0.2, 0.25) is 0 Å². The lowest BCUT2D eigenvalue weighted by Crippen LogP contribution is -1.95. The number of nitrogen functional groups attached to an aromatic ring is 1. The van der Waals surface area contributed by atoms with E-state index in [0.29, 0.717) is 0 Å². The maximum atomic E-state index is 13.2. The van der Waals surface area contributed by atoms with Gasteiger partial charge in [0.2, 0.25) is 0 Å². The third-order valence-electron chi connectivity index (χ3n) is 1.84. The zero-order valence-electron chi connectivity index (χ0n) is 5.93. The van der Waals surface area contributed by atoms with Crippen molar-refractivity contribution in [3.05, 3.63) is 23.5 Å². The molecule has 0 aliphatic carbocycles. The summed E-state index contributed by atoms with van der Waals surface area (Å²) in [6.07, 6.45) is 0.816. The topological polar surface area (TPSA) is 26.0 Å². The summed E-state index contributed by atoms with van der Waals surface area (Å²) in [4.78, 5) is 1.05. The molecule has 58 valence electrons. The van der Waals surface area contributed by atoms with Crippen LogP contribution in [-0.4, -0.2) is 5.75 Å². The Labute approximate surface area is 68.8 Å². The maximum Gasteiger partial charge on any atom is 0.150 e. The first-order chi connectivity index (χ1) is 5.29. The number of hydrogen-bond acceptors (Lipinski definition) is 2. The molecule has 1 aromatic rings. The van der Waals surface area contributed by atoms with E-state index in [1.807, 2.05) is 6.07 Å². The number of rotatable bonds is 0. The fourth-order valence-electron chi connectivity index (χ4n) is 1.25. The highest BCUT2D eigenvalue weighted by Gasteiger charge is 2.16. The van der Waals surface area contributed by atoms with Gasteiger partial charge in [0.05, 0.1) is 5.69 Å². The van der Waals surface area contributed by atoms with Crippen molar-refractivity contribution in [2.45, 2.75) is 11.3 Å². The molecule has 3 heteroatoms. The van der Waals surface area contributed by atoms with Crippen molar-refractivity contribution in [1.82, 2.24) is 0 Å². The van der Waals surface area contributed by atoms with E-state index in [9.17, 15) is 4.39 Å². The molecule has 1 nitrogen and oxygen atoms in total. The largest absolute Gasteiger partial charge is 0.396 e. The fourth-order valence-corrected chi connectivity index (χ4v) is 2.31. The number of nitrogens with two attached hydrogens (primary N) is 1. The zero-order valence-corrected chi connectivity index (χ0v) is 6.75. The SMILES string of the molecule is Nc1ccc2c(c1F)CCS2. The monoisotopic (exact) mass is 169 g/mol. The highest BCUT2D eigenvalue weighted by Crippen LogP contribution is 2.34. The first-order valence-electron chi connectivity index (χ1n) is 3.48. The first-order valence-corrected chi connectivity index (χ1v) is 4.47. The van der Waals surface area contributed by atoms with Crippen molar-refractivity contribution >= 4 is 17.4 Å². The quantitative estimate of drug-likeness (QED) is 0.601. The molecule has 0 saturated heterocycles. The minimum absolute atomic E-state index is 0.215. The lowest BCUT2D eigenvalue weighted by molar-refractivity contribution is 0.614. The molecule has 1 aromatic carbocycles. The molecule has 1 heterocycles. The van der Waals surface area contributed by atoms with Crippen LogP contribution in [0.3, 0.4) is 0 Å². The summed E-state index contributed by atoms with van der Waals surface area (Å²) in [6.45, 7) is 0. The number of halogens is 1. The predicted octanol–water partition coefficient (Wildman–Crippen LogP) is 2.06. The molecule has 1 aliphatic rings. The first kappa shape index (κ1) is 6.98. The summed E-state index contributed by atoms with van der Waals surface area (Å²) < 4.78 is 13.2. The predicted molar refractivity (Wildman–Crippen MR) is 45.2 cm³/mol. The van der Waals surface area contributed by atoms with Gasteiger partial charge in [-0.2, -0.15) is 0 Å². The van der Waals surface area contributed by atoms with Gasteiger partial charge in [0.25, 0.3) is 0 Å². The normalized spacial score (nSPS) is 15.0. The van der Waals surface area contributed by atoms with Gasteiger partial charge in [-0.1, -0.05) is 0 Å². The molecule has 0 bridgehead atoms. The van der Waals surface area contributed by atoms with Crippen LogP contribution in [-0.2, 0) is 6.42 Å². The number of benzene rings is 1. The summed E-state index contributed by atoms with van der Waals surface area (Å²) in [6, 6.07) is 3.53. The molecule has 1 aliphatic heterocycles. The van der Waals surface area contributed by atoms with Gasteiger partial charge in [-0.25, -0.2) is 4.39 Å². The minimum Gasteiger partial charge on any atom is -0.396 e. The summed E-state index contributed by atoms with van der Waals surface area (Å²) in [5, 5.41) is 0. The van der Waals surface area contributed by atoms with E-state index in [0.717, 1.165) is 22.6 Å². The van der Waals surface area contributed by atoms with Gasteiger partial charge in [0.1, 0.15) is 5.82 Å². The van der Waals surface area contributed by atoms with Crippen LogP contribution < -0.4 is 5.73 Å². The Hall–Kier alpha value is -0.700. The Morgan fingerprint density at radius 2 is 2.27 bits per heavy atom. The molecule has 2 N–H and O–H groups in total. The van der Waals surface area contributed by atoms with E-state index >= 15 is 0 Å². The molecule has 0 radical (unpaired) electrons. The average molecular weight is 169 g/mol. The Kier molecular flexibility index (Phi) is 1.53. The summed E-state index contributed by atoms with van der Waals surface area (Å²) >= 11 is 1.70. The van der Waals surface area contributed by atoms with Gasteiger partial charge in [-0.3, -0.25) is 0 Å². The van der Waals surface area contributed by atoms with Crippen molar-refractivity contribution in [2.75, 3.05) is 11.5 Å². The van der Waals surface area contributed by atoms with Gasteiger partial charge >= 0.3 is 0 Å². The van der Waals surface area contributed by atoms with Crippen molar-refractivity contribution in [3.8, 4) is 0 Å². The smallest absolute Gasteiger partial charge is 0.150 e. The second kappa shape index (κ2) is 2.41. The molecule has 2 rings (SSSR count). The average Bonchev–Trinajstić information content (AvgIpc) is 2.45. The summed E-state index contributed by atoms with van der Waals surface area (Å²) in [5.74, 6) is 0.767. The number of anilines is 1. The van der Waals surface area contributed by atoms with Gasteiger partial charge in [-0.05, 0) is 18.6 Å². The third kappa shape index (κ3) is 0.997. The van der Waals surface area contributed by atoms with Crippen molar-refractivity contribution < 1.29 is 4.39 Å². The van der Waals surface area contributed by atoms with E-state index in [1.54, 1.807) is 17.8 Å². The van der Waals surface area contributed by atoms with Crippen LogP contribution in [0.25, 0.3) is 0 Å². The van der Waals surface area contributed by atoms with Crippen LogP contribution in [0.4, 0.5) is 10.1 Å². The minimum atomic E-state index is -0.215. The second-order valence-electron chi connectivity index (χ2n) is 2.54. The number of hydrogen-bond donors (Lipinski definition) is 1. The van der Waals surface area contributed by atoms with Crippen LogP contribution in [0.5, 0.6) is 0 Å². The molecule has 0 amide bonds. The molecule has 11 heavy (non-hydrogen) atoms. The molecule has 0 saturated carbocycles. The van der Waals surface area contributed by atoms with Crippen LogP contribution >= 0.6 is 11.8 Å². The Bertz CT molecular complexity index is 298. The van der Waals surface area contributed by atoms with E-state index in [2.05, 4.69) is 0 Å². The molecule has 0 aromatic heterocycles. The van der Waals surface area contributed by atoms with Crippen molar-refractivity contribution in [3.63, 3.8) is 0 Å². The molecule has 0 fully saturated rings. The van der Waals surface area contributed by atoms with Gasteiger partial charge < -0.3 is 5.73 Å². The molecular weight excluding hydrogens is 161 g/mol. The van der Waals surface area contributed by atoms with Gasteiger partial charge in [0, 0.05) is 16.2 Å². The van der Waals surface area contributed by atoms with Gasteiger partial charge in [-0.15, -0.1) is 11.8 Å². The Morgan fingerprint density at radius 1 is 1.45 bits per heavy atom. The van der Waals surface area contributed by atoms with Crippen LogP contribution in [0.15, 0.2) is 17.0 Å². The number of thioether (sulfide) groups is 1. The van der Waals surface area contributed by atoms with E-state index in [4.69, 9.17) is 5.73 Å². The Balaban J connectivity index is 2.62. The highest BCUT2D eigenvalue weighted by molar-refractivity contribution is 7.99. The third-order valence-corrected chi connectivity index (χ3v) is 2.94. The lowest BCUT2D eigenvalue weighted by Gasteiger charge is -2.01. The Morgan fingerprint density at radius 3 is 3.09 bits per heavy atom. The number of fused-ring (bicyclic) bond motifs is 1. The van der Waals surface area contributed by atoms with Gasteiger partial charge in [0.15, 0.2) is 0 Å². The van der Waals surface area contributed by atoms with Crippen LogP contribution in [0, 0.1) is 5.82 Å². The maximum absolute atomic E-state index is 13.2. The summed E-state index contributed by atoms with van der Waals surface area (Å²) in [7, 11) is 0. The second-order valence-corrected chi connectivity index (χ2v) is 3.68. The highest BCUT2D eigenvalue weighted by atomic mass is 32.2. The molecule has 0 spiro atoms. The standard InChI is InChI=1S/C8H8FNS/c9-8-5-3-4-11-7(5)2-1-6(8)10/h1-2H,3-4,10H2.